The lowest BCUT2D eigenvalue weighted by molar-refractivity contribution is 0.184. The summed E-state index contributed by atoms with van der Waals surface area (Å²) in [6.45, 7) is 32.9. The SMILES string of the molecule is CCCCCCC(O[Si](C(C)C)(C(C)C)C(C)C)/C(=C/C(C)O[Si](C)(C)C(C)(C)C)CC. The largest absolute Gasteiger partial charge is 0.411 e. The van der Waals surface area contributed by atoms with Gasteiger partial charge in [0.25, 0.3) is 0 Å². The highest BCUT2D eigenvalue weighted by molar-refractivity contribution is 6.77. The molecule has 0 fully saturated rings. The van der Waals surface area contributed by atoms with Crippen LogP contribution in [0.25, 0.3) is 0 Å². The zero-order chi connectivity index (χ0) is 25.3. The molecule has 0 rings (SSSR count). The Hall–Kier alpha value is 0.0938. The molecular formula is C28H60O2Si2. The molecule has 2 nitrogen and oxygen atoms in total. The van der Waals surface area contributed by atoms with Crippen LogP contribution in [-0.2, 0) is 8.85 Å². The molecule has 0 aliphatic carbocycles. The van der Waals surface area contributed by atoms with Crippen molar-refractivity contribution >= 4 is 16.6 Å². The molecule has 0 spiro atoms. The molecule has 0 aromatic heterocycles. The van der Waals surface area contributed by atoms with Crippen LogP contribution in [0.1, 0.15) is 122 Å². The first-order valence-electron chi connectivity index (χ1n) is 13.6. The van der Waals surface area contributed by atoms with Crippen molar-refractivity contribution in [3.8, 4) is 0 Å². The van der Waals surface area contributed by atoms with Crippen LogP contribution in [0.2, 0.25) is 34.8 Å². The van der Waals surface area contributed by atoms with E-state index in [1.807, 2.05) is 0 Å². The average Bonchev–Trinajstić information content (AvgIpc) is 2.63. The van der Waals surface area contributed by atoms with Gasteiger partial charge in [-0.2, -0.15) is 0 Å². The number of hydrogen-bond acceptors (Lipinski definition) is 2. The van der Waals surface area contributed by atoms with Gasteiger partial charge in [0.2, 0.25) is 8.32 Å². The summed E-state index contributed by atoms with van der Waals surface area (Å²) in [5.41, 5.74) is 3.30. The molecule has 2 atom stereocenters. The van der Waals surface area contributed by atoms with E-state index < -0.39 is 16.6 Å². The van der Waals surface area contributed by atoms with Crippen molar-refractivity contribution in [2.24, 2.45) is 0 Å². The number of hydrogen-bond donors (Lipinski definition) is 0. The molecule has 0 aliphatic rings. The quantitative estimate of drug-likeness (QED) is 0.131. The van der Waals surface area contributed by atoms with Crippen molar-refractivity contribution in [1.29, 1.82) is 0 Å². The van der Waals surface area contributed by atoms with Crippen LogP contribution in [0, 0.1) is 0 Å². The van der Waals surface area contributed by atoms with Gasteiger partial charge in [0.1, 0.15) is 0 Å². The summed E-state index contributed by atoms with van der Waals surface area (Å²) in [6.07, 6.45) is 10.2. The third-order valence-corrected chi connectivity index (χ3v) is 18.6. The molecule has 2 unspecified atom stereocenters. The van der Waals surface area contributed by atoms with Gasteiger partial charge < -0.3 is 8.85 Å². The first-order chi connectivity index (χ1) is 14.6. The second-order valence-electron chi connectivity index (χ2n) is 12.5. The first kappa shape index (κ1) is 32.1. The van der Waals surface area contributed by atoms with Gasteiger partial charge >= 0.3 is 0 Å². The van der Waals surface area contributed by atoms with Crippen LogP contribution < -0.4 is 0 Å². The molecule has 32 heavy (non-hydrogen) atoms. The van der Waals surface area contributed by atoms with Gasteiger partial charge in [0.15, 0.2) is 8.32 Å². The summed E-state index contributed by atoms with van der Waals surface area (Å²) in [5, 5.41) is 0.229. The van der Waals surface area contributed by atoms with Crippen LogP contribution >= 0.6 is 0 Å². The summed E-state index contributed by atoms with van der Waals surface area (Å²) in [7, 11) is -3.73. The van der Waals surface area contributed by atoms with E-state index in [1.54, 1.807) is 0 Å². The van der Waals surface area contributed by atoms with Crippen LogP contribution in [0.4, 0.5) is 0 Å². The zero-order valence-electron chi connectivity index (χ0n) is 24.5. The molecule has 0 N–H and O–H groups in total. The van der Waals surface area contributed by atoms with E-state index in [0.717, 1.165) is 12.8 Å². The van der Waals surface area contributed by atoms with Crippen molar-refractivity contribution in [2.75, 3.05) is 0 Å². The van der Waals surface area contributed by atoms with Crippen molar-refractivity contribution < 1.29 is 8.85 Å². The predicted octanol–water partition coefficient (Wildman–Crippen LogP) is 10.3. The lowest BCUT2D eigenvalue weighted by Gasteiger charge is -2.45. The molecule has 192 valence electrons. The summed E-state index contributed by atoms with van der Waals surface area (Å²) < 4.78 is 14.1. The summed E-state index contributed by atoms with van der Waals surface area (Å²) in [4.78, 5) is 0. The monoisotopic (exact) mass is 484 g/mol. The third-order valence-electron chi connectivity index (χ3n) is 7.93. The normalized spacial score (nSPS) is 16.3. The Bertz CT molecular complexity index is 522. The molecule has 0 heterocycles. The lowest BCUT2D eigenvalue weighted by atomic mass is 9.99. The standard InChI is InChI=1S/C28H60O2Si2/c1-15-17-18-19-20-27(30-32(22(3)4,23(5)6)24(7)8)26(16-2)21-25(9)29-31(13,14)28(10,11)12/h21-25,27H,15-20H2,1-14H3/b26-21+. The maximum absolute atomic E-state index is 7.38. The predicted molar refractivity (Wildman–Crippen MR) is 151 cm³/mol. The summed E-state index contributed by atoms with van der Waals surface area (Å²) in [6, 6.07) is 0. The third kappa shape index (κ3) is 9.04. The van der Waals surface area contributed by atoms with Crippen molar-refractivity contribution in [1.82, 2.24) is 0 Å². The second kappa shape index (κ2) is 13.8. The fraction of sp³-hybridized carbons (Fsp3) is 0.929. The highest BCUT2D eigenvalue weighted by atomic mass is 28.4. The Labute approximate surface area is 205 Å². The van der Waals surface area contributed by atoms with Crippen LogP contribution in [0.3, 0.4) is 0 Å². The average molecular weight is 485 g/mol. The molecule has 4 heteroatoms. The van der Waals surface area contributed by atoms with E-state index in [1.165, 1.54) is 31.3 Å². The van der Waals surface area contributed by atoms with E-state index in [-0.39, 0.29) is 17.2 Å². The van der Waals surface area contributed by atoms with Crippen molar-refractivity contribution in [3.63, 3.8) is 0 Å². The minimum atomic E-state index is -1.94. The Balaban J connectivity index is 6.01. The minimum absolute atomic E-state index is 0.140. The van der Waals surface area contributed by atoms with Gasteiger partial charge in [0.05, 0.1) is 12.2 Å². The summed E-state index contributed by atoms with van der Waals surface area (Å²) in [5.74, 6) is 0. The fourth-order valence-electron chi connectivity index (χ4n) is 5.16. The fourth-order valence-corrected chi connectivity index (χ4v) is 12.1. The van der Waals surface area contributed by atoms with Gasteiger partial charge in [-0.25, -0.2) is 0 Å². The number of rotatable bonds is 15. The molecule has 0 saturated heterocycles. The van der Waals surface area contributed by atoms with Crippen molar-refractivity contribution in [3.05, 3.63) is 11.6 Å². The number of unbranched alkanes of at least 4 members (excludes halogenated alkanes) is 3. The van der Waals surface area contributed by atoms with Crippen LogP contribution in [-0.4, -0.2) is 28.8 Å². The lowest BCUT2D eigenvalue weighted by Crippen LogP contribution is -2.50. The zero-order valence-corrected chi connectivity index (χ0v) is 26.5. The molecule has 0 amide bonds. The first-order valence-corrected chi connectivity index (χ1v) is 18.7. The minimum Gasteiger partial charge on any atom is -0.411 e. The van der Waals surface area contributed by atoms with E-state index in [2.05, 4.69) is 102 Å². The summed E-state index contributed by atoms with van der Waals surface area (Å²) >= 11 is 0. The van der Waals surface area contributed by atoms with Gasteiger partial charge in [-0.05, 0) is 60.1 Å². The molecule has 0 bridgehead atoms. The topological polar surface area (TPSA) is 18.5 Å². The van der Waals surface area contributed by atoms with Crippen molar-refractivity contribution in [2.45, 2.75) is 169 Å². The van der Waals surface area contributed by atoms with Gasteiger partial charge in [0, 0.05) is 0 Å². The maximum atomic E-state index is 7.38. The van der Waals surface area contributed by atoms with E-state index in [9.17, 15) is 0 Å². The van der Waals surface area contributed by atoms with Crippen LogP contribution in [0.15, 0.2) is 11.6 Å². The molecule has 0 saturated carbocycles. The Morgan fingerprint density at radius 1 is 0.781 bits per heavy atom. The Kier molecular flexibility index (Phi) is 13.9. The van der Waals surface area contributed by atoms with E-state index in [0.29, 0.717) is 16.6 Å². The molecule has 0 aromatic carbocycles. The van der Waals surface area contributed by atoms with E-state index in [4.69, 9.17) is 8.85 Å². The second-order valence-corrected chi connectivity index (χ2v) is 22.6. The van der Waals surface area contributed by atoms with Gasteiger partial charge in [-0.3, -0.25) is 0 Å². The smallest absolute Gasteiger partial charge is 0.201 e. The maximum Gasteiger partial charge on any atom is 0.201 e. The highest BCUT2D eigenvalue weighted by Crippen LogP contribution is 2.44. The molecular weight excluding hydrogens is 424 g/mol. The molecule has 0 aliphatic heterocycles. The Morgan fingerprint density at radius 3 is 1.66 bits per heavy atom. The molecule has 0 radical (unpaired) electrons. The highest BCUT2D eigenvalue weighted by Gasteiger charge is 2.47. The van der Waals surface area contributed by atoms with Crippen LogP contribution in [0.5, 0.6) is 0 Å². The van der Waals surface area contributed by atoms with E-state index >= 15 is 0 Å². The molecule has 0 aromatic rings. The van der Waals surface area contributed by atoms with Gasteiger partial charge in [-0.15, -0.1) is 0 Å². The Morgan fingerprint density at radius 2 is 1.28 bits per heavy atom. The van der Waals surface area contributed by atoms with Gasteiger partial charge in [-0.1, -0.05) is 108 Å².